The van der Waals surface area contributed by atoms with Gasteiger partial charge >= 0.3 is 0 Å². The molecule has 1 heterocycles. The van der Waals surface area contributed by atoms with Crippen LogP contribution in [0.5, 0.6) is 0 Å². The molecule has 4 nitrogen and oxygen atoms in total. The highest BCUT2D eigenvalue weighted by molar-refractivity contribution is 7.89. The van der Waals surface area contributed by atoms with Gasteiger partial charge in [-0.1, -0.05) is 26.0 Å². The van der Waals surface area contributed by atoms with Crippen LogP contribution in [0.25, 0.3) is 0 Å². The summed E-state index contributed by atoms with van der Waals surface area (Å²) in [5.41, 5.74) is 6.42. The molecule has 0 radical (unpaired) electrons. The third kappa shape index (κ3) is 2.99. The van der Waals surface area contributed by atoms with E-state index in [2.05, 4.69) is 13.8 Å². The normalized spacial score (nSPS) is 25.4. The highest BCUT2D eigenvalue weighted by Crippen LogP contribution is 2.27. The minimum atomic E-state index is -3.37. The van der Waals surface area contributed by atoms with Crippen molar-refractivity contribution in [3.05, 3.63) is 29.8 Å². The van der Waals surface area contributed by atoms with Crippen molar-refractivity contribution < 1.29 is 8.42 Å². The van der Waals surface area contributed by atoms with Gasteiger partial charge in [-0.05, 0) is 36.0 Å². The van der Waals surface area contributed by atoms with E-state index in [0.717, 1.165) is 12.0 Å². The van der Waals surface area contributed by atoms with Crippen molar-refractivity contribution in [1.29, 1.82) is 0 Å². The van der Waals surface area contributed by atoms with Gasteiger partial charge in [-0.25, -0.2) is 8.42 Å². The van der Waals surface area contributed by atoms with Crippen molar-refractivity contribution in [3.63, 3.8) is 0 Å². The van der Waals surface area contributed by atoms with Gasteiger partial charge in [0.15, 0.2) is 0 Å². The summed E-state index contributed by atoms with van der Waals surface area (Å²) in [6.45, 7) is 5.88. The van der Waals surface area contributed by atoms with Gasteiger partial charge in [0.1, 0.15) is 0 Å². The van der Waals surface area contributed by atoms with Crippen LogP contribution in [0, 0.1) is 11.8 Å². The van der Waals surface area contributed by atoms with Gasteiger partial charge in [0, 0.05) is 19.6 Å². The molecule has 1 saturated heterocycles. The van der Waals surface area contributed by atoms with Crippen molar-refractivity contribution in [2.75, 3.05) is 13.1 Å². The number of rotatable bonds is 3. The van der Waals surface area contributed by atoms with Gasteiger partial charge in [-0.15, -0.1) is 0 Å². The second-order valence-electron chi connectivity index (χ2n) is 5.46. The number of nitrogens with zero attached hydrogens (tertiary/aromatic N) is 1. The van der Waals surface area contributed by atoms with Crippen LogP contribution in [0.1, 0.15) is 25.8 Å². The second-order valence-corrected chi connectivity index (χ2v) is 7.40. The van der Waals surface area contributed by atoms with Crippen molar-refractivity contribution in [3.8, 4) is 0 Å². The molecule has 1 aromatic rings. The fourth-order valence-electron chi connectivity index (χ4n) is 2.42. The van der Waals surface area contributed by atoms with Crippen LogP contribution < -0.4 is 5.73 Å². The molecule has 0 aliphatic carbocycles. The van der Waals surface area contributed by atoms with E-state index in [9.17, 15) is 8.42 Å². The Kier molecular flexibility index (Phi) is 4.28. The maximum Gasteiger partial charge on any atom is 0.243 e. The quantitative estimate of drug-likeness (QED) is 0.919. The number of hydrogen-bond donors (Lipinski definition) is 1. The fraction of sp³-hybridized carbons (Fsp3) is 0.571. The Hall–Kier alpha value is -0.910. The van der Waals surface area contributed by atoms with E-state index in [1.54, 1.807) is 22.5 Å². The van der Waals surface area contributed by atoms with Crippen LogP contribution in [0.15, 0.2) is 29.2 Å². The van der Waals surface area contributed by atoms with Crippen LogP contribution in [-0.2, 0) is 16.6 Å². The number of sulfonamides is 1. The van der Waals surface area contributed by atoms with E-state index in [-0.39, 0.29) is 0 Å². The molecule has 0 aromatic heterocycles. The SMILES string of the molecule is CC1CCN(S(=O)(=O)c2cccc(CN)c2)CC1C. The standard InChI is InChI=1S/C14H22N2O2S/c1-11-6-7-16(10-12(11)2)19(17,18)14-5-3-4-13(8-14)9-15/h3-5,8,11-12H,6-7,9-10,15H2,1-2H3. The number of nitrogens with two attached hydrogens (primary N) is 1. The van der Waals surface area contributed by atoms with Crippen LogP contribution in [-0.4, -0.2) is 25.8 Å². The first-order chi connectivity index (χ1) is 8.95. The first-order valence-electron chi connectivity index (χ1n) is 6.74. The van der Waals surface area contributed by atoms with Crippen molar-refractivity contribution >= 4 is 10.0 Å². The molecule has 19 heavy (non-hydrogen) atoms. The highest BCUT2D eigenvalue weighted by Gasteiger charge is 2.31. The molecule has 2 unspecified atom stereocenters. The second kappa shape index (κ2) is 5.61. The average molecular weight is 282 g/mol. The summed E-state index contributed by atoms with van der Waals surface area (Å²) in [7, 11) is -3.37. The van der Waals surface area contributed by atoms with Gasteiger partial charge < -0.3 is 5.73 Å². The zero-order valence-electron chi connectivity index (χ0n) is 11.5. The smallest absolute Gasteiger partial charge is 0.243 e. The molecule has 2 rings (SSSR count). The first-order valence-corrected chi connectivity index (χ1v) is 8.18. The predicted octanol–water partition coefficient (Wildman–Crippen LogP) is 1.81. The van der Waals surface area contributed by atoms with Crippen LogP contribution >= 0.6 is 0 Å². The maximum absolute atomic E-state index is 12.6. The lowest BCUT2D eigenvalue weighted by Gasteiger charge is -2.34. The molecule has 2 N–H and O–H groups in total. The summed E-state index contributed by atoms with van der Waals surface area (Å²) in [4.78, 5) is 0.359. The van der Waals surface area contributed by atoms with Crippen molar-refractivity contribution in [2.24, 2.45) is 17.6 Å². The highest BCUT2D eigenvalue weighted by atomic mass is 32.2. The molecule has 0 saturated carbocycles. The Morgan fingerprint density at radius 3 is 2.68 bits per heavy atom. The van der Waals surface area contributed by atoms with Gasteiger partial charge in [0.05, 0.1) is 4.90 Å². The van der Waals surface area contributed by atoms with Crippen LogP contribution in [0.3, 0.4) is 0 Å². The molecule has 1 aliphatic rings. The monoisotopic (exact) mass is 282 g/mol. The van der Waals surface area contributed by atoms with E-state index in [1.807, 2.05) is 6.07 Å². The molecule has 1 aromatic carbocycles. The van der Waals surface area contributed by atoms with Crippen LogP contribution in [0.4, 0.5) is 0 Å². The first kappa shape index (κ1) is 14.5. The molecule has 5 heteroatoms. The summed E-state index contributed by atoms with van der Waals surface area (Å²) in [5, 5.41) is 0. The third-order valence-corrected chi connectivity index (χ3v) is 5.93. The van der Waals surface area contributed by atoms with Gasteiger partial charge in [0.25, 0.3) is 0 Å². The van der Waals surface area contributed by atoms with Crippen LogP contribution in [0.2, 0.25) is 0 Å². The van der Waals surface area contributed by atoms with E-state index < -0.39 is 10.0 Å². The minimum Gasteiger partial charge on any atom is -0.326 e. The predicted molar refractivity (Wildman–Crippen MR) is 76.0 cm³/mol. The summed E-state index contributed by atoms with van der Waals surface area (Å²) in [5.74, 6) is 0.989. The molecule has 1 aliphatic heterocycles. The van der Waals surface area contributed by atoms with Gasteiger partial charge in [-0.3, -0.25) is 0 Å². The van der Waals surface area contributed by atoms with E-state index in [0.29, 0.717) is 36.4 Å². The lowest BCUT2D eigenvalue weighted by Crippen LogP contribution is -2.42. The van der Waals surface area contributed by atoms with Gasteiger partial charge in [-0.2, -0.15) is 4.31 Å². The average Bonchev–Trinajstić information content (AvgIpc) is 2.41. The topological polar surface area (TPSA) is 63.4 Å². The number of hydrogen-bond acceptors (Lipinski definition) is 3. The van der Waals surface area contributed by atoms with E-state index in [1.165, 1.54) is 0 Å². The lowest BCUT2D eigenvalue weighted by atomic mass is 9.90. The van der Waals surface area contributed by atoms with Crippen molar-refractivity contribution in [2.45, 2.75) is 31.7 Å². The Morgan fingerprint density at radius 2 is 2.05 bits per heavy atom. The van der Waals surface area contributed by atoms with E-state index in [4.69, 9.17) is 5.73 Å². The number of piperidine rings is 1. The van der Waals surface area contributed by atoms with Crippen molar-refractivity contribution in [1.82, 2.24) is 4.31 Å². The summed E-state index contributed by atoms with van der Waals surface area (Å²) in [6.07, 6.45) is 0.928. The summed E-state index contributed by atoms with van der Waals surface area (Å²) in [6, 6.07) is 6.93. The largest absolute Gasteiger partial charge is 0.326 e. The third-order valence-electron chi connectivity index (χ3n) is 4.07. The molecule has 0 amide bonds. The summed E-state index contributed by atoms with van der Waals surface area (Å²) >= 11 is 0. The summed E-state index contributed by atoms with van der Waals surface area (Å²) < 4.78 is 26.8. The molecule has 1 fully saturated rings. The van der Waals surface area contributed by atoms with Gasteiger partial charge in [0.2, 0.25) is 10.0 Å². The molecule has 2 atom stereocenters. The minimum absolute atomic E-state index is 0.358. The Balaban J connectivity index is 2.27. The lowest BCUT2D eigenvalue weighted by molar-refractivity contribution is 0.212. The number of benzene rings is 1. The zero-order chi connectivity index (χ0) is 14.0. The fourth-order valence-corrected chi connectivity index (χ4v) is 4.05. The van der Waals surface area contributed by atoms with E-state index >= 15 is 0 Å². The zero-order valence-corrected chi connectivity index (χ0v) is 12.4. The Bertz CT molecular complexity index is 542. The Labute approximate surface area is 115 Å². The maximum atomic E-state index is 12.6. The Morgan fingerprint density at radius 1 is 1.32 bits per heavy atom. The molecular weight excluding hydrogens is 260 g/mol. The molecule has 106 valence electrons. The molecule has 0 bridgehead atoms. The molecular formula is C14H22N2O2S. The molecule has 0 spiro atoms.